The molecule has 1 aromatic rings. The zero-order valence-corrected chi connectivity index (χ0v) is 9.36. The lowest BCUT2D eigenvalue weighted by atomic mass is 10.2. The molecule has 2 nitrogen and oxygen atoms in total. The summed E-state index contributed by atoms with van der Waals surface area (Å²) in [6.07, 6.45) is 7.44. The Bertz CT molecular complexity index is 337. The summed E-state index contributed by atoms with van der Waals surface area (Å²) in [6, 6.07) is 0.803. The molecule has 0 radical (unpaired) electrons. The Morgan fingerprint density at radius 3 is 3.00 bits per heavy atom. The van der Waals surface area contributed by atoms with E-state index in [1.165, 1.54) is 35.6 Å². The molecular formula is C11H16N2S. The molecule has 2 aliphatic carbocycles. The van der Waals surface area contributed by atoms with Crippen molar-refractivity contribution in [3.05, 3.63) is 16.1 Å². The first-order chi connectivity index (χ1) is 6.76. The second-order valence-electron chi connectivity index (χ2n) is 4.85. The Labute approximate surface area is 88.7 Å². The van der Waals surface area contributed by atoms with Gasteiger partial charge in [0, 0.05) is 29.1 Å². The highest BCUT2D eigenvalue weighted by Crippen LogP contribution is 2.48. The second-order valence-corrected chi connectivity index (χ2v) is 5.96. The van der Waals surface area contributed by atoms with Gasteiger partial charge in [0.25, 0.3) is 0 Å². The minimum atomic E-state index is 0.447. The summed E-state index contributed by atoms with van der Waals surface area (Å²) in [5.74, 6) is 0. The molecule has 0 amide bonds. The van der Waals surface area contributed by atoms with Gasteiger partial charge in [0.1, 0.15) is 0 Å². The van der Waals surface area contributed by atoms with Crippen molar-refractivity contribution in [2.75, 3.05) is 0 Å². The predicted octanol–water partition coefficient (Wildman–Crippen LogP) is 2.45. The largest absolute Gasteiger partial charge is 0.309 e. The highest BCUT2D eigenvalue weighted by Gasteiger charge is 2.41. The third-order valence-corrected chi connectivity index (χ3v) is 4.52. The number of nitrogens with zero attached hydrogens (tertiary/aromatic N) is 1. The van der Waals surface area contributed by atoms with Gasteiger partial charge in [0.15, 0.2) is 0 Å². The highest BCUT2D eigenvalue weighted by atomic mass is 32.1. The number of hydrogen-bond donors (Lipinski definition) is 1. The van der Waals surface area contributed by atoms with Gasteiger partial charge in [0.2, 0.25) is 0 Å². The summed E-state index contributed by atoms with van der Waals surface area (Å²) in [5.41, 5.74) is 0.447. The fraction of sp³-hybridized carbons (Fsp3) is 0.727. The van der Waals surface area contributed by atoms with Crippen LogP contribution in [0.2, 0.25) is 0 Å². The lowest BCUT2D eigenvalue weighted by molar-refractivity contribution is 0.694. The number of hydrogen-bond acceptors (Lipinski definition) is 3. The van der Waals surface area contributed by atoms with E-state index in [2.05, 4.69) is 23.4 Å². The van der Waals surface area contributed by atoms with Crippen LogP contribution in [0.4, 0.5) is 0 Å². The first-order valence-corrected chi connectivity index (χ1v) is 6.26. The average Bonchev–Trinajstić information content (AvgIpc) is 3.08. The molecule has 0 bridgehead atoms. The lowest BCUT2D eigenvalue weighted by Crippen LogP contribution is -2.14. The van der Waals surface area contributed by atoms with Crippen molar-refractivity contribution >= 4 is 11.3 Å². The summed E-state index contributed by atoms with van der Waals surface area (Å²) in [5, 5.41) is 4.88. The molecule has 14 heavy (non-hydrogen) atoms. The molecule has 76 valence electrons. The second kappa shape index (κ2) is 3.04. The van der Waals surface area contributed by atoms with E-state index in [9.17, 15) is 0 Å². The van der Waals surface area contributed by atoms with Crippen molar-refractivity contribution in [2.24, 2.45) is 0 Å². The van der Waals surface area contributed by atoms with E-state index in [1.54, 1.807) is 0 Å². The third kappa shape index (κ3) is 1.71. The molecule has 0 saturated heterocycles. The maximum Gasteiger partial charge on any atom is 0.0987 e. The zero-order chi connectivity index (χ0) is 9.60. The van der Waals surface area contributed by atoms with Crippen LogP contribution in [0, 0.1) is 0 Å². The van der Waals surface area contributed by atoms with Gasteiger partial charge in [-0.25, -0.2) is 4.98 Å². The lowest BCUT2D eigenvalue weighted by Gasteiger charge is -2.01. The van der Waals surface area contributed by atoms with E-state index >= 15 is 0 Å². The standard InChI is InChI=1S/C11H16N2S/c1-11(4-5-11)10-13-7-9(14-10)6-12-8-2-3-8/h7-8,12H,2-6H2,1H3. The summed E-state index contributed by atoms with van der Waals surface area (Å²) in [7, 11) is 0. The van der Waals surface area contributed by atoms with Gasteiger partial charge in [-0.3, -0.25) is 0 Å². The van der Waals surface area contributed by atoms with Crippen LogP contribution in [0.25, 0.3) is 0 Å². The zero-order valence-electron chi connectivity index (χ0n) is 8.55. The molecule has 1 N–H and O–H groups in total. The van der Waals surface area contributed by atoms with Crippen molar-refractivity contribution in [3.8, 4) is 0 Å². The summed E-state index contributed by atoms with van der Waals surface area (Å²) >= 11 is 1.90. The van der Waals surface area contributed by atoms with Crippen LogP contribution in [0.5, 0.6) is 0 Å². The average molecular weight is 208 g/mol. The monoisotopic (exact) mass is 208 g/mol. The first kappa shape index (κ1) is 8.86. The molecule has 0 atom stereocenters. The quantitative estimate of drug-likeness (QED) is 0.822. The topological polar surface area (TPSA) is 24.9 Å². The molecule has 0 spiro atoms. The SMILES string of the molecule is CC1(c2ncc(CNC3CC3)s2)CC1. The minimum absolute atomic E-state index is 0.447. The first-order valence-electron chi connectivity index (χ1n) is 5.45. The number of nitrogens with one attached hydrogen (secondary N) is 1. The van der Waals surface area contributed by atoms with Crippen LogP contribution < -0.4 is 5.32 Å². The summed E-state index contributed by atoms with van der Waals surface area (Å²) in [4.78, 5) is 5.93. The fourth-order valence-corrected chi connectivity index (χ4v) is 2.67. The number of aromatic nitrogens is 1. The maximum absolute atomic E-state index is 4.53. The molecule has 1 aromatic heterocycles. The summed E-state index contributed by atoms with van der Waals surface area (Å²) < 4.78 is 0. The predicted molar refractivity (Wildman–Crippen MR) is 58.6 cm³/mol. The molecule has 2 aliphatic rings. The van der Waals surface area contributed by atoms with Crippen molar-refractivity contribution in [1.82, 2.24) is 10.3 Å². The fourth-order valence-electron chi connectivity index (χ4n) is 1.60. The molecule has 3 rings (SSSR count). The van der Waals surface area contributed by atoms with E-state index in [1.807, 2.05) is 11.3 Å². The Morgan fingerprint density at radius 2 is 2.36 bits per heavy atom. The third-order valence-electron chi connectivity index (χ3n) is 3.21. The Kier molecular flexibility index (Phi) is 1.92. The minimum Gasteiger partial charge on any atom is -0.309 e. The van der Waals surface area contributed by atoms with Gasteiger partial charge in [0.05, 0.1) is 5.01 Å². The van der Waals surface area contributed by atoms with E-state index in [0.717, 1.165) is 12.6 Å². The van der Waals surface area contributed by atoms with Crippen LogP contribution in [-0.4, -0.2) is 11.0 Å². The molecule has 3 heteroatoms. The molecule has 0 unspecified atom stereocenters. The van der Waals surface area contributed by atoms with Gasteiger partial charge in [-0.05, 0) is 25.7 Å². The van der Waals surface area contributed by atoms with Crippen LogP contribution in [-0.2, 0) is 12.0 Å². The Balaban J connectivity index is 1.64. The van der Waals surface area contributed by atoms with Gasteiger partial charge in [-0.1, -0.05) is 6.92 Å². The van der Waals surface area contributed by atoms with E-state index in [4.69, 9.17) is 0 Å². The summed E-state index contributed by atoms with van der Waals surface area (Å²) in [6.45, 7) is 3.35. The smallest absolute Gasteiger partial charge is 0.0987 e. The van der Waals surface area contributed by atoms with Crippen LogP contribution >= 0.6 is 11.3 Å². The molecule has 1 heterocycles. The van der Waals surface area contributed by atoms with E-state index in [0.29, 0.717) is 5.41 Å². The van der Waals surface area contributed by atoms with Gasteiger partial charge in [-0.15, -0.1) is 11.3 Å². The molecule has 0 aromatic carbocycles. The van der Waals surface area contributed by atoms with E-state index < -0.39 is 0 Å². The van der Waals surface area contributed by atoms with Crippen molar-refractivity contribution in [2.45, 2.75) is 50.6 Å². The van der Waals surface area contributed by atoms with Crippen molar-refractivity contribution in [1.29, 1.82) is 0 Å². The normalized spacial score (nSPS) is 23.8. The van der Waals surface area contributed by atoms with Gasteiger partial charge in [-0.2, -0.15) is 0 Å². The highest BCUT2D eigenvalue weighted by molar-refractivity contribution is 7.11. The molecule has 0 aliphatic heterocycles. The molecular weight excluding hydrogens is 192 g/mol. The number of rotatable bonds is 4. The molecule has 2 fully saturated rings. The van der Waals surface area contributed by atoms with Crippen molar-refractivity contribution in [3.63, 3.8) is 0 Å². The van der Waals surface area contributed by atoms with E-state index in [-0.39, 0.29) is 0 Å². The maximum atomic E-state index is 4.53. The van der Waals surface area contributed by atoms with Crippen LogP contribution in [0.3, 0.4) is 0 Å². The van der Waals surface area contributed by atoms with Gasteiger partial charge >= 0.3 is 0 Å². The van der Waals surface area contributed by atoms with Gasteiger partial charge < -0.3 is 5.32 Å². The Hall–Kier alpha value is -0.410. The van der Waals surface area contributed by atoms with Crippen LogP contribution in [0.1, 0.15) is 42.5 Å². The Morgan fingerprint density at radius 1 is 1.57 bits per heavy atom. The van der Waals surface area contributed by atoms with Crippen LogP contribution in [0.15, 0.2) is 6.20 Å². The van der Waals surface area contributed by atoms with Crippen molar-refractivity contribution < 1.29 is 0 Å². The number of thiazole rings is 1. The molecule has 2 saturated carbocycles.